The summed E-state index contributed by atoms with van der Waals surface area (Å²) in [6.07, 6.45) is 0. The van der Waals surface area contributed by atoms with E-state index >= 15 is 0 Å². The Balaban J connectivity index is 2.07. The van der Waals surface area contributed by atoms with Gasteiger partial charge in [0.05, 0.1) is 6.54 Å². The number of benzene rings is 1. The second-order valence-electron chi connectivity index (χ2n) is 4.53. The fraction of sp³-hybridized carbons (Fsp3) is 0.462. The van der Waals surface area contributed by atoms with E-state index in [1.165, 1.54) is 10.4 Å². The van der Waals surface area contributed by atoms with Crippen molar-refractivity contribution in [3.63, 3.8) is 0 Å². The van der Waals surface area contributed by atoms with Crippen LogP contribution >= 0.6 is 0 Å². The van der Waals surface area contributed by atoms with E-state index in [0.29, 0.717) is 25.5 Å². The molecular formula is C13H19N5O. The number of nitrogens with zero attached hydrogens (tertiary/aromatic N) is 4. The smallest absolute Gasteiger partial charge is 0.212 e. The van der Waals surface area contributed by atoms with Gasteiger partial charge in [-0.3, -0.25) is 0 Å². The summed E-state index contributed by atoms with van der Waals surface area (Å²) in [6, 6.07) is 4.14. The van der Waals surface area contributed by atoms with Crippen LogP contribution in [0.2, 0.25) is 0 Å². The molecule has 2 N–H and O–H groups in total. The normalized spacial score (nSPS) is 10.7. The van der Waals surface area contributed by atoms with Crippen LogP contribution in [0.25, 0.3) is 0 Å². The van der Waals surface area contributed by atoms with Gasteiger partial charge in [-0.2, -0.15) is 4.80 Å². The predicted octanol–water partition coefficient (Wildman–Crippen LogP) is 1.14. The van der Waals surface area contributed by atoms with Gasteiger partial charge in [0, 0.05) is 6.54 Å². The molecule has 1 heterocycles. The van der Waals surface area contributed by atoms with Crippen LogP contribution in [0.4, 0.5) is 0 Å². The van der Waals surface area contributed by atoms with Gasteiger partial charge in [-0.05, 0) is 42.7 Å². The Bertz CT molecular complexity index is 564. The standard InChI is InChI=1S/C13H19N5O/c1-9-4-5-10(2)13(11(9)3)19-8-12-15-17-18(16-12)7-6-14/h4-5H,6-8,14H2,1-3H3. The van der Waals surface area contributed by atoms with Crippen molar-refractivity contribution in [1.82, 2.24) is 20.2 Å². The Kier molecular flexibility index (Phi) is 4.11. The number of aromatic nitrogens is 4. The van der Waals surface area contributed by atoms with Gasteiger partial charge in [0.1, 0.15) is 5.75 Å². The molecule has 0 saturated heterocycles. The number of rotatable bonds is 5. The molecule has 6 nitrogen and oxygen atoms in total. The Morgan fingerprint density at radius 1 is 1.21 bits per heavy atom. The third-order valence-corrected chi connectivity index (χ3v) is 3.04. The fourth-order valence-electron chi connectivity index (χ4n) is 1.83. The van der Waals surface area contributed by atoms with Crippen molar-refractivity contribution in [1.29, 1.82) is 0 Å². The maximum absolute atomic E-state index is 5.82. The van der Waals surface area contributed by atoms with Crippen molar-refractivity contribution >= 4 is 0 Å². The zero-order valence-corrected chi connectivity index (χ0v) is 11.6. The lowest BCUT2D eigenvalue weighted by molar-refractivity contribution is 0.291. The lowest BCUT2D eigenvalue weighted by Gasteiger charge is -2.12. The molecule has 0 atom stereocenters. The summed E-state index contributed by atoms with van der Waals surface area (Å²) in [7, 11) is 0. The Morgan fingerprint density at radius 2 is 1.95 bits per heavy atom. The van der Waals surface area contributed by atoms with Gasteiger partial charge < -0.3 is 10.5 Å². The number of ether oxygens (including phenoxy) is 1. The first-order valence-electron chi connectivity index (χ1n) is 6.28. The SMILES string of the molecule is Cc1ccc(C)c(OCc2nnn(CCN)n2)c1C. The summed E-state index contributed by atoms with van der Waals surface area (Å²) in [5, 5.41) is 12.0. The molecule has 2 aromatic rings. The van der Waals surface area contributed by atoms with Gasteiger partial charge in [0.25, 0.3) is 0 Å². The fourth-order valence-corrected chi connectivity index (χ4v) is 1.83. The van der Waals surface area contributed by atoms with Gasteiger partial charge >= 0.3 is 0 Å². The lowest BCUT2D eigenvalue weighted by atomic mass is 10.1. The van der Waals surface area contributed by atoms with Gasteiger partial charge in [-0.15, -0.1) is 10.2 Å². The van der Waals surface area contributed by atoms with E-state index in [4.69, 9.17) is 10.5 Å². The molecule has 0 saturated carbocycles. The Morgan fingerprint density at radius 3 is 2.68 bits per heavy atom. The molecule has 0 aliphatic heterocycles. The molecule has 0 spiro atoms. The van der Waals surface area contributed by atoms with Crippen molar-refractivity contribution in [3.05, 3.63) is 34.6 Å². The molecule has 0 fully saturated rings. The molecular weight excluding hydrogens is 242 g/mol. The Labute approximate surface area is 112 Å². The molecule has 6 heteroatoms. The third kappa shape index (κ3) is 3.08. The molecule has 0 bridgehead atoms. The van der Waals surface area contributed by atoms with Crippen LogP contribution in [-0.2, 0) is 13.2 Å². The molecule has 0 unspecified atom stereocenters. The Hall–Kier alpha value is -1.95. The summed E-state index contributed by atoms with van der Waals surface area (Å²) >= 11 is 0. The largest absolute Gasteiger partial charge is 0.485 e. The van der Waals surface area contributed by atoms with E-state index in [0.717, 1.165) is 16.9 Å². The quantitative estimate of drug-likeness (QED) is 0.873. The average Bonchev–Trinajstić information content (AvgIpc) is 2.82. The minimum atomic E-state index is 0.315. The molecule has 0 aliphatic carbocycles. The zero-order valence-electron chi connectivity index (χ0n) is 11.6. The van der Waals surface area contributed by atoms with Crippen molar-refractivity contribution < 1.29 is 4.74 Å². The summed E-state index contributed by atoms with van der Waals surface area (Å²) in [4.78, 5) is 1.48. The highest BCUT2D eigenvalue weighted by atomic mass is 16.5. The van der Waals surface area contributed by atoms with Gasteiger partial charge in [0.15, 0.2) is 6.61 Å². The highest BCUT2D eigenvalue weighted by molar-refractivity contribution is 5.44. The second kappa shape index (κ2) is 5.79. The number of aryl methyl sites for hydroxylation is 2. The summed E-state index contributed by atoms with van der Waals surface area (Å²) in [5.41, 5.74) is 8.90. The van der Waals surface area contributed by atoms with E-state index < -0.39 is 0 Å². The highest BCUT2D eigenvalue weighted by Crippen LogP contribution is 2.26. The van der Waals surface area contributed by atoms with E-state index in [2.05, 4.69) is 41.4 Å². The number of tetrazole rings is 1. The molecule has 1 aromatic heterocycles. The second-order valence-corrected chi connectivity index (χ2v) is 4.53. The highest BCUT2D eigenvalue weighted by Gasteiger charge is 2.09. The van der Waals surface area contributed by atoms with E-state index in [9.17, 15) is 0 Å². The molecule has 1 aromatic carbocycles. The van der Waals surface area contributed by atoms with Crippen LogP contribution in [0.3, 0.4) is 0 Å². The number of hydrogen-bond donors (Lipinski definition) is 1. The van der Waals surface area contributed by atoms with Crippen LogP contribution in [0, 0.1) is 20.8 Å². The minimum absolute atomic E-state index is 0.315. The minimum Gasteiger partial charge on any atom is -0.485 e. The monoisotopic (exact) mass is 261 g/mol. The molecule has 2 rings (SSSR count). The van der Waals surface area contributed by atoms with Crippen molar-refractivity contribution in [2.45, 2.75) is 33.9 Å². The first kappa shape index (κ1) is 13.5. The van der Waals surface area contributed by atoms with Gasteiger partial charge in [0.2, 0.25) is 5.82 Å². The molecule has 0 aliphatic rings. The van der Waals surface area contributed by atoms with E-state index in [-0.39, 0.29) is 0 Å². The summed E-state index contributed by atoms with van der Waals surface area (Å²) in [6.45, 7) is 7.52. The van der Waals surface area contributed by atoms with Crippen LogP contribution in [0.5, 0.6) is 5.75 Å². The third-order valence-electron chi connectivity index (χ3n) is 3.04. The molecule has 102 valence electrons. The zero-order chi connectivity index (χ0) is 13.8. The number of nitrogens with two attached hydrogens (primary N) is 1. The van der Waals surface area contributed by atoms with E-state index in [1.807, 2.05) is 6.92 Å². The van der Waals surface area contributed by atoms with Crippen molar-refractivity contribution in [2.24, 2.45) is 5.73 Å². The van der Waals surface area contributed by atoms with Crippen LogP contribution in [0.1, 0.15) is 22.5 Å². The summed E-state index contributed by atoms with van der Waals surface area (Å²) in [5.74, 6) is 1.46. The predicted molar refractivity (Wildman–Crippen MR) is 71.9 cm³/mol. The average molecular weight is 261 g/mol. The first-order chi connectivity index (χ1) is 9.11. The molecule has 0 amide bonds. The lowest BCUT2D eigenvalue weighted by Crippen LogP contribution is -2.12. The van der Waals surface area contributed by atoms with Crippen molar-refractivity contribution in [3.8, 4) is 5.75 Å². The van der Waals surface area contributed by atoms with Crippen LogP contribution < -0.4 is 10.5 Å². The van der Waals surface area contributed by atoms with Crippen LogP contribution in [0.15, 0.2) is 12.1 Å². The van der Waals surface area contributed by atoms with Gasteiger partial charge in [-0.1, -0.05) is 12.1 Å². The molecule has 19 heavy (non-hydrogen) atoms. The molecule has 0 radical (unpaired) electrons. The first-order valence-corrected chi connectivity index (χ1v) is 6.28. The summed E-state index contributed by atoms with van der Waals surface area (Å²) < 4.78 is 5.82. The van der Waals surface area contributed by atoms with Gasteiger partial charge in [-0.25, -0.2) is 0 Å². The number of hydrogen-bond acceptors (Lipinski definition) is 5. The van der Waals surface area contributed by atoms with Crippen LogP contribution in [-0.4, -0.2) is 26.8 Å². The van der Waals surface area contributed by atoms with E-state index in [1.54, 1.807) is 0 Å². The van der Waals surface area contributed by atoms with Crippen molar-refractivity contribution in [2.75, 3.05) is 6.54 Å². The maximum Gasteiger partial charge on any atom is 0.212 e. The maximum atomic E-state index is 5.82. The topological polar surface area (TPSA) is 78.9 Å².